The molecule has 0 spiro atoms. The van der Waals surface area contributed by atoms with Gasteiger partial charge in [0.1, 0.15) is 5.75 Å². The molecule has 0 aliphatic rings. The van der Waals surface area contributed by atoms with Crippen molar-refractivity contribution in [3.63, 3.8) is 0 Å². The zero-order valence-corrected chi connectivity index (χ0v) is 9.08. The Morgan fingerprint density at radius 2 is 2.20 bits per heavy atom. The summed E-state index contributed by atoms with van der Waals surface area (Å²) in [5.41, 5.74) is 1.64. The third-order valence-electron chi connectivity index (χ3n) is 2.16. The van der Waals surface area contributed by atoms with E-state index in [0.717, 1.165) is 16.7 Å². The van der Waals surface area contributed by atoms with Crippen LogP contribution in [-0.4, -0.2) is 13.4 Å². The number of aldehydes is 1. The lowest BCUT2D eigenvalue weighted by Gasteiger charge is -2.04. The minimum atomic E-state index is 0.586. The van der Waals surface area contributed by atoms with E-state index in [2.05, 4.69) is 0 Å². The normalized spacial score (nSPS) is 9.93. The molecule has 0 radical (unpaired) electrons. The predicted octanol–water partition coefficient (Wildman–Crippen LogP) is 3.24. The summed E-state index contributed by atoms with van der Waals surface area (Å²) >= 11 is 1.65. The molecule has 15 heavy (non-hydrogen) atoms. The third-order valence-corrected chi connectivity index (χ3v) is 3.08. The molecule has 0 amide bonds. The lowest BCUT2D eigenvalue weighted by atomic mass is 10.1. The molecule has 0 N–H and O–H groups in total. The summed E-state index contributed by atoms with van der Waals surface area (Å²) in [6.45, 7) is 0. The van der Waals surface area contributed by atoms with Crippen molar-refractivity contribution in [1.29, 1.82) is 0 Å². The Hall–Kier alpha value is -1.61. The maximum absolute atomic E-state index is 10.8. The van der Waals surface area contributed by atoms with Crippen molar-refractivity contribution in [3.8, 4) is 16.2 Å². The molecule has 0 aliphatic heterocycles. The summed E-state index contributed by atoms with van der Waals surface area (Å²) in [4.78, 5) is 12.0. The van der Waals surface area contributed by atoms with Crippen molar-refractivity contribution in [2.75, 3.05) is 7.11 Å². The fourth-order valence-electron chi connectivity index (χ4n) is 1.42. The summed E-state index contributed by atoms with van der Waals surface area (Å²) in [6.07, 6.45) is 0.815. The minimum Gasteiger partial charge on any atom is -0.496 e. The van der Waals surface area contributed by atoms with Gasteiger partial charge in [0.05, 0.1) is 12.7 Å². The molecule has 0 aliphatic carbocycles. The number of benzene rings is 1. The van der Waals surface area contributed by atoms with E-state index in [-0.39, 0.29) is 0 Å². The predicted molar refractivity (Wildman–Crippen MR) is 61.7 cm³/mol. The lowest BCUT2D eigenvalue weighted by Crippen LogP contribution is -1.90. The Morgan fingerprint density at radius 3 is 2.80 bits per heavy atom. The Morgan fingerprint density at radius 1 is 1.33 bits per heavy atom. The summed E-state index contributed by atoms with van der Waals surface area (Å²) in [6, 6.07) is 9.64. The van der Waals surface area contributed by atoms with Gasteiger partial charge in [-0.3, -0.25) is 4.79 Å². The van der Waals surface area contributed by atoms with E-state index in [1.807, 2.05) is 35.7 Å². The molecule has 3 heteroatoms. The van der Waals surface area contributed by atoms with E-state index in [4.69, 9.17) is 4.74 Å². The van der Waals surface area contributed by atoms with Crippen LogP contribution in [0, 0.1) is 0 Å². The average Bonchev–Trinajstić information content (AvgIpc) is 2.81. The Kier molecular flexibility index (Phi) is 2.83. The van der Waals surface area contributed by atoms with Gasteiger partial charge < -0.3 is 4.74 Å². The van der Waals surface area contributed by atoms with Crippen LogP contribution in [-0.2, 0) is 0 Å². The van der Waals surface area contributed by atoms with Crippen molar-refractivity contribution in [1.82, 2.24) is 0 Å². The molecule has 0 saturated heterocycles. The molecule has 2 rings (SSSR count). The van der Waals surface area contributed by atoms with Gasteiger partial charge in [-0.25, -0.2) is 0 Å². The highest BCUT2D eigenvalue weighted by atomic mass is 32.1. The molecule has 1 heterocycles. The van der Waals surface area contributed by atoms with Crippen molar-refractivity contribution in [2.45, 2.75) is 0 Å². The Labute approximate surface area is 92.1 Å². The van der Waals surface area contributed by atoms with E-state index in [1.165, 1.54) is 0 Å². The first-order valence-electron chi connectivity index (χ1n) is 4.52. The summed E-state index contributed by atoms with van der Waals surface area (Å²) in [5.74, 6) is 0.616. The number of ether oxygens (including phenoxy) is 1. The zero-order chi connectivity index (χ0) is 10.7. The van der Waals surface area contributed by atoms with Gasteiger partial charge in [0.2, 0.25) is 0 Å². The number of carbonyl (C=O) groups excluding carboxylic acids is 1. The van der Waals surface area contributed by atoms with Crippen LogP contribution in [0.4, 0.5) is 0 Å². The van der Waals surface area contributed by atoms with Crippen LogP contribution in [0.15, 0.2) is 35.7 Å². The largest absolute Gasteiger partial charge is 0.496 e. The Bertz CT molecular complexity index is 460. The van der Waals surface area contributed by atoms with Crippen LogP contribution in [0.5, 0.6) is 5.75 Å². The fourth-order valence-corrected chi connectivity index (χ4v) is 2.15. The van der Waals surface area contributed by atoms with Gasteiger partial charge >= 0.3 is 0 Å². The maximum Gasteiger partial charge on any atom is 0.153 e. The highest BCUT2D eigenvalue weighted by molar-refractivity contribution is 7.13. The van der Waals surface area contributed by atoms with E-state index in [1.54, 1.807) is 18.4 Å². The minimum absolute atomic E-state index is 0.586. The van der Waals surface area contributed by atoms with Gasteiger partial charge in [-0.1, -0.05) is 6.07 Å². The molecule has 1 aromatic carbocycles. The third kappa shape index (κ3) is 1.92. The maximum atomic E-state index is 10.8. The van der Waals surface area contributed by atoms with E-state index < -0.39 is 0 Å². The number of hydrogen-bond acceptors (Lipinski definition) is 3. The van der Waals surface area contributed by atoms with Crippen LogP contribution in [0.3, 0.4) is 0 Å². The molecule has 1 aromatic heterocycles. The van der Waals surface area contributed by atoms with E-state index in [9.17, 15) is 4.79 Å². The summed E-state index contributed by atoms with van der Waals surface area (Å²) in [7, 11) is 1.56. The summed E-state index contributed by atoms with van der Waals surface area (Å²) in [5, 5.41) is 2.01. The molecule has 0 fully saturated rings. The van der Waals surface area contributed by atoms with Crippen LogP contribution in [0.2, 0.25) is 0 Å². The Balaban J connectivity index is 2.48. The van der Waals surface area contributed by atoms with Crippen molar-refractivity contribution >= 4 is 17.6 Å². The molecular formula is C12H10O2S. The number of rotatable bonds is 3. The van der Waals surface area contributed by atoms with Crippen LogP contribution in [0.25, 0.3) is 10.4 Å². The highest BCUT2D eigenvalue weighted by Gasteiger charge is 2.05. The molecule has 76 valence electrons. The molecule has 0 atom stereocenters. The van der Waals surface area contributed by atoms with Crippen molar-refractivity contribution < 1.29 is 9.53 Å². The first-order chi connectivity index (χ1) is 7.35. The van der Waals surface area contributed by atoms with Gasteiger partial charge in [-0.15, -0.1) is 11.3 Å². The smallest absolute Gasteiger partial charge is 0.153 e. The lowest BCUT2D eigenvalue weighted by molar-refractivity contribution is 0.112. The van der Waals surface area contributed by atoms with Crippen LogP contribution in [0.1, 0.15) is 10.4 Å². The average molecular weight is 218 g/mol. The highest BCUT2D eigenvalue weighted by Crippen LogP contribution is 2.28. The molecule has 0 unspecified atom stereocenters. The van der Waals surface area contributed by atoms with Gasteiger partial charge in [-0.05, 0) is 35.2 Å². The second kappa shape index (κ2) is 4.28. The van der Waals surface area contributed by atoms with E-state index >= 15 is 0 Å². The number of methoxy groups -OCH3 is 1. The van der Waals surface area contributed by atoms with Crippen molar-refractivity contribution in [2.24, 2.45) is 0 Å². The quantitative estimate of drug-likeness (QED) is 0.739. The monoisotopic (exact) mass is 218 g/mol. The second-order valence-corrected chi connectivity index (χ2v) is 4.00. The number of thiophene rings is 1. The zero-order valence-electron chi connectivity index (χ0n) is 8.27. The molecule has 2 aromatic rings. The first-order valence-corrected chi connectivity index (χ1v) is 5.40. The fraction of sp³-hybridized carbons (Fsp3) is 0.0833. The van der Waals surface area contributed by atoms with Crippen molar-refractivity contribution in [3.05, 3.63) is 41.3 Å². The van der Waals surface area contributed by atoms with Gasteiger partial charge in [0, 0.05) is 4.88 Å². The topological polar surface area (TPSA) is 26.3 Å². The second-order valence-electron chi connectivity index (χ2n) is 3.05. The molecule has 2 nitrogen and oxygen atoms in total. The summed E-state index contributed by atoms with van der Waals surface area (Å²) < 4.78 is 5.08. The number of carbonyl (C=O) groups is 1. The SMILES string of the molecule is COc1ccc(-c2cccs2)cc1C=O. The molecule has 0 bridgehead atoms. The van der Waals surface area contributed by atoms with E-state index in [0.29, 0.717) is 11.3 Å². The van der Waals surface area contributed by atoms with Crippen LogP contribution < -0.4 is 4.74 Å². The van der Waals surface area contributed by atoms with Gasteiger partial charge in [0.15, 0.2) is 6.29 Å². The number of hydrogen-bond donors (Lipinski definition) is 0. The van der Waals surface area contributed by atoms with Gasteiger partial charge in [0.25, 0.3) is 0 Å². The first kappa shape index (κ1) is 9.93. The standard InChI is InChI=1S/C12H10O2S/c1-14-11-5-4-9(7-10(11)8-13)12-3-2-6-15-12/h2-8H,1H3. The van der Waals surface area contributed by atoms with Crippen LogP contribution >= 0.6 is 11.3 Å². The molecule has 0 saturated carbocycles. The molecular weight excluding hydrogens is 208 g/mol. The van der Waals surface area contributed by atoms with Gasteiger partial charge in [-0.2, -0.15) is 0 Å².